The van der Waals surface area contributed by atoms with Crippen LogP contribution in [0.2, 0.25) is 0 Å². The summed E-state index contributed by atoms with van der Waals surface area (Å²) in [4.78, 5) is 0. The normalized spacial score (nSPS) is 15.5. The van der Waals surface area contributed by atoms with Gasteiger partial charge >= 0.3 is 0 Å². The second-order valence-corrected chi connectivity index (χ2v) is 3.44. The highest BCUT2D eigenvalue weighted by Crippen LogP contribution is 2.33. The van der Waals surface area contributed by atoms with Crippen LogP contribution in [0.4, 0.5) is 0 Å². The third-order valence-corrected chi connectivity index (χ3v) is 1.91. The number of unbranched alkanes of at least 4 members (excludes halogenated alkanes) is 2. The van der Waals surface area contributed by atoms with Crippen molar-refractivity contribution < 1.29 is 0 Å². The molecule has 0 aliphatic heterocycles. The van der Waals surface area contributed by atoms with Gasteiger partial charge in [-0.05, 0) is 20.0 Å². The van der Waals surface area contributed by atoms with E-state index in [0.29, 0.717) is 0 Å². The molecule has 0 spiro atoms. The van der Waals surface area contributed by atoms with E-state index in [0.717, 1.165) is 5.92 Å². The summed E-state index contributed by atoms with van der Waals surface area (Å²) in [6.07, 6.45) is 8.91. The van der Waals surface area contributed by atoms with Gasteiger partial charge in [-0.25, -0.2) is 0 Å². The van der Waals surface area contributed by atoms with Crippen molar-refractivity contribution in [2.45, 2.75) is 45.4 Å². The molecule has 1 aliphatic rings. The SMILES string of the molecule is CCCCCC1CC1.CNC. The molecule has 0 amide bonds. The summed E-state index contributed by atoms with van der Waals surface area (Å²) in [5.41, 5.74) is 0. The first-order valence-corrected chi connectivity index (χ1v) is 4.93. The molecule has 0 heterocycles. The Kier molecular flexibility index (Phi) is 8.03. The lowest BCUT2D eigenvalue weighted by Crippen LogP contribution is -1.89. The Hall–Kier alpha value is -0.0400. The molecular formula is C10H23N. The topological polar surface area (TPSA) is 12.0 Å². The monoisotopic (exact) mass is 157 g/mol. The number of hydrogen-bond acceptors (Lipinski definition) is 1. The number of rotatable bonds is 4. The van der Waals surface area contributed by atoms with E-state index in [1.165, 1.54) is 38.5 Å². The second kappa shape index (κ2) is 8.06. The highest BCUT2D eigenvalue weighted by Gasteiger charge is 2.19. The van der Waals surface area contributed by atoms with Crippen LogP contribution < -0.4 is 5.32 Å². The first-order valence-electron chi connectivity index (χ1n) is 4.93. The molecule has 1 fully saturated rings. The third-order valence-electron chi connectivity index (χ3n) is 1.91. The Morgan fingerprint density at radius 2 is 1.73 bits per heavy atom. The highest BCUT2D eigenvalue weighted by molar-refractivity contribution is 4.72. The van der Waals surface area contributed by atoms with E-state index >= 15 is 0 Å². The van der Waals surface area contributed by atoms with Crippen molar-refractivity contribution in [3.63, 3.8) is 0 Å². The summed E-state index contributed by atoms with van der Waals surface area (Å²) < 4.78 is 0. The summed E-state index contributed by atoms with van der Waals surface area (Å²) in [6, 6.07) is 0. The van der Waals surface area contributed by atoms with Crippen LogP contribution >= 0.6 is 0 Å². The maximum absolute atomic E-state index is 2.75. The quantitative estimate of drug-likeness (QED) is 0.619. The molecule has 1 N–H and O–H groups in total. The maximum atomic E-state index is 2.75. The van der Waals surface area contributed by atoms with Crippen molar-refractivity contribution in [2.24, 2.45) is 5.92 Å². The minimum absolute atomic E-state index is 1.15. The average Bonchev–Trinajstić information content (AvgIpc) is 2.74. The van der Waals surface area contributed by atoms with Crippen molar-refractivity contribution in [3.8, 4) is 0 Å². The van der Waals surface area contributed by atoms with Gasteiger partial charge in [-0.2, -0.15) is 0 Å². The van der Waals surface area contributed by atoms with Crippen LogP contribution in [0.25, 0.3) is 0 Å². The summed E-state index contributed by atoms with van der Waals surface area (Å²) in [5.74, 6) is 1.15. The van der Waals surface area contributed by atoms with Gasteiger partial charge in [-0.3, -0.25) is 0 Å². The largest absolute Gasteiger partial charge is 0.323 e. The van der Waals surface area contributed by atoms with Crippen molar-refractivity contribution in [1.82, 2.24) is 5.32 Å². The first kappa shape index (κ1) is 11.0. The smallest absolute Gasteiger partial charge is 0.0167 e. The summed E-state index contributed by atoms with van der Waals surface area (Å²) in [5, 5.41) is 2.75. The van der Waals surface area contributed by atoms with E-state index in [4.69, 9.17) is 0 Å². The first-order chi connectivity index (χ1) is 5.35. The van der Waals surface area contributed by atoms with Gasteiger partial charge in [0.2, 0.25) is 0 Å². The van der Waals surface area contributed by atoms with Crippen LogP contribution in [0.15, 0.2) is 0 Å². The molecule has 0 aromatic heterocycles. The molecule has 1 aliphatic carbocycles. The highest BCUT2D eigenvalue weighted by atomic mass is 14.7. The summed E-state index contributed by atoms with van der Waals surface area (Å²) >= 11 is 0. The van der Waals surface area contributed by atoms with Gasteiger partial charge < -0.3 is 5.32 Å². The fourth-order valence-electron chi connectivity index (χ4n) is 1.09. The fraction of sp³-hybridized carbons (Fsp3) is 1.00. The van der Waals surface area contributed by atoms with Crippen LogP contribution in [0.3, 0.4) is 0 Å². The molecule has 0 aromatic rings. The third kappa shape index (κ3) is 9.96. The second-order valence-electron chi connectivity index (χ2n) is 3.44. The zero-order chi connectivity index (χ0) is 8.53. The lowest BCUT2D eigenvalue weighted by molar-refractivity contribution is 0.620. The Labute approximate surface area is 71.6 Å². The molecule has 11 heavy (non-hydrogen) atoms. The lowest BCUT2D eigenvalue weighted by atomic mass is 10.1. The molecule has 0 aromatic carbocycles. The standard InChI is InChI=1S/C8H16.C2H7N/c1-2-3-4-5-8-6-7-8;1-3-2/h8H,2-7H2,1H3;3H,1-2H3. The van der Waals surface area contributed by atoms with E-state index in [1.54, 1.807) is 0 Å². The van der Waals surface area contributed by atoms with Crippen molar-refractivity contribution >= 4 is 0 Å². The van der Waals surface area contributed by atoms with E-state index in [-0.39, 0.29) is 0 Å². The van der Waals surface area contributed by atoms with Crippen LogP contribution in [0, 0.1) is 5.92 Å². The molecule has 1 heteroatoms. The fourth-order valence-corrected chi connectivity index (χ4v) is 1.09. The predicted molar refractivity (Wildman–Crippen MR) is 51.8 cm³/mol. The van der Waals surface area contributed by atoms with Crippen LogP contribution in [-0.2, 0) is 0 Å². The van der Waals surface area contributed by atoms with Gasteiger partial charge in [0.1, 0.15) is 0 Å². The molecule has 0 atom stereocenters. The minimum atomic E-state index is 1.15. The van der Waals surface area contributed by atoms with Gasteiger partial charge in [-0.15, -0.1) is 0 Å². The molecule has 1 rings (SSSR count). The zero-order valence-corrected chi connectivity index (χ0v) is 8.32. The Morgan fingerprint density at radius 1 is 1.18 bits per heavy atom. The van der Waals surface area contributed by atoms with Gasteiger partial charge in [0, 0.05) is 0 Å². The summed E-state index contributed by atoms with van der Waals surface area (Å²) in [6.45, 7) is 2.27. The Balaban J connectivity index is 0.000000292. The van der Waals surface area contributed by atoms with E-state index < -0.39 is 0 Å². The molecule has 0 bridgehead atoms. The average molecular weight is 157 g/mol. The number of hydrogen-bond donors (Lipinski definition) is 1. The van der Waals surface area contributed by atoms with Crippen LogP contribution in [0.1, 0.15) is 45.4 Å². The predicted octanol–water partition coefficient (Wildman–Crippen LogP) is 2.81. The summed E-state index contributed by atoms with van der Waals surface area (Å²) in [7, 11) is 3.75. The molecule has 0 unspecified atom stereocenters. The van der Waals surface area contributed by atoms with E-state index in [1.807, 2.05) is 14.1 Å². The number of nitrogens with one attached hydrogen (secondary N) is 1. The van der Waals surface area contributed by atoms with Gasteiger partial charge in [-0.1, -0.05) is 45.4 Å². The van der Waals surface area contributed by atoms with Crippen molar-refractivity contribution in [2.75, 3.05) is 14.1 Å². The zero-order valence-electron chi connectivity index (χ0n) is 8.32. The van der Waals surface area contributed by atoms with Gasteiger partial charge in [0.05, 0.1) is 0 Å². The molecular weight excluding hydrogens is 134 g/mol. The van der Waals surface area contributed by atoms with Crippen LogP contribution in [0.5, 0.6) is 0 Å². The maximum Gasteiger partial charge on any atom is -0.0167 e. The van der Waals surface area contributed by atoms with E-state index in [2.05, 4.69) is 12.2 Å². The molecule has 1 nitrogen and oxygen atoms in total. The Morgan fingerprint density at radius 3 is 2.09 bits per heavy atom. The Bertz CT molecular complexity index is 67.3. The molecule has 0 saturated heterocycles. The minimum Gasteiger partial charge on any atom is -0.323 e. The van der Waals surface area contributed by atoms with Gasteiger partial charge in [0.25, 0.3) is 0 Å². The van der Waals surface area contributed by atoms with Crippen LogP contribution in [-0.4, -0.2) is 14.1 Å². The molecule has 1 saturated carbocycles. The molecule has 0 radical (unpaired) electrons. The van der Waals surface area contributed by atoms with E-state index in [9.17, 15) is 0 Å². The lowest BCUT2D eigenvalue weighted by Gasteiger charge is -1.92. The van der Waals surface area contributed by atoms with Gasteiger partial charge in [0.15, 0.2) is 0 Å². The molecule has 68 valence electrons. The van der Waals surface area contributed by atoms with Crippen molar-refractivity contribution in [1.29, 1.82) is 0 Å². The van der Waals surface area contributed by atoms with Crippen molar-refractivity contribution in [3.05, 3.63) is 0 Å².